The fourth-order valence-electron chi connectivity index (χ4n) is 5.09. The number of rotatable bonds is 7. The summed E-state index contributed by atoms with van der Waals surface area (Å²) in [6, 6.07) is 16.0. The summed E-state index contributed by atoms with van der Waals surface area (Å²) in [5, 5.41) is 6.90. The first-order chi connectivity index (χ1) is 17.3. The minimum Gasteiger partial charge on any atom is -0.465 e. The number of carbonyl (C=O) groups excluding carboxylic acids is 2. The lowest BCUT2D eigenvalue weighted by Gasteiger charge is -2.24. The van der Waals surface area contributed by atoms with Gasteiger partial charge in [0.2, 0.25) is 0 Å². The van der Waals surface area contributed by atoms with Crippen LogP contribution in [0.15, 0.2) is 53.1 Å². The molecule has 3 aromatic rings. The van der Waals surface area contributed by atoms with Crippen molar-refractivity contribution >= 4 is 17.7 Å². The van der Waals surface area contributed by atoms with Gasteiger partial charge in [0.05, 0.1) is 12.0 Å². The molecular weight excluding hydrogens is 456 g/mol. The lowest BCUT2D eigenvalue weighted by molar-refractivity contribution is -0.146. The Hall–Kier alpha value is -3.61. The number of anilines is 1. The normalized spacial score (nSPS) is 17.4. The van der Waals surface area contributed by atoms with Gasteiger partial charge >= 0.3 is 12.1 Å². The lowest BCUT2D eigenvalue weighted by atomic mass is 9.93. The third kappa shape index (κ3) is 4.62. The van der Waals surface area contributed by atoms with Crippen LogP contribution in [0.1, 0.15) is 63.6 Å². The fourth-order valence-corrected chi connectivity index (χ4v) is 5.09. The van der Waals surface area contributed by atoms with Crippen LogP contribution in [-0.2, 0) is 19.7 Å². The zero-order valence-corrected chi connectivity index (χ0v) is 21.1. The molecule has 7 heteroatoms. The van der Waals surface area contributed by atoms with Gasteiger partial charge < -0.3 is 14.0 Å². The van der Waals surface area contributed by atoms with Gasteiger partial charge in [-0.15, -0.1) is 0 Å². The molecule has 2 fully saturated rings. The molecule has 1 heterocycles. The van der Waals surface area contributed by atoms with E-state index in [9.17, 15) is 9.59 Å². The Balaban J connectivity index is 1.30. The topological polar surface area (TPSA) is 90.7 Å². The Labute approximate surface area is 211 Å². The molecular formula is C29H32N2O5. The maximum Gasteiger partial charge on any atom is 0.412 e. The van der Waals surface area contributed by atoms with Gasteiger partial charge in [0.15, 0.2) is 5.76 Å². The molecule has 1 aromatic heterocycles. The summed E-state index contributed by atoms with van der Waals surface area (Å²) in [6.45, 7) is 6.00. The van der Waals surface area contributed by atoms with E-state index < -0.39 is 17.1 Å². The van der Waals surface area contributed by atoms with E-state index in [1.54, 1.807) is 6.92 Å². The lowest BCUT2D eigenvalue weighted by Crippen LogP contribution is -2.30. The third-order valence-electron chi connectivity index (χ3n) is 7.42. The zero-order valence-electron chi connectivity index (χ0n) is 21.1. The Morgan fingerprint density at radius 1 is 0.944 bits per heavy atom. The van der Waals surface area contributed by atoms with Gasteiger partial charge in [0.25, 0.3) is 0 Å². The molecule has 1 N–H and O–H groups in total. The van der Waals surface area contributed by atoms with Crippen molar-refractivity contribution < 1.29 is 23.6 Å². The van der Waals surface area contributed by atoms with E-state index in [2.05, 4.69) is 10.5 Å². The third-order valence-corrected chi connectivity index (χ3v) is 7.42. The molecule has 7 nitrogen and oxygen atoms in total. The molecule has 188 valence electrons. The second kappa shape index (κ2) is 9.45. The number of aromatic nitrogens is 1. The van der Waals surface area contributed by atoms with Crippen LogP contribution in [-0.4, -0.2) is 29.4 Å². The summed E-state index contributed by atoms with van der Waals surface area (Å²) >= 11 is 0. The number of carbonyl (C=O) groups is 2. The Kier molecular flexibility index (Phi) is 6.33. The van der Waals surface area contributed by atoms with Crippen LogP contribution in [0.4, 0.5) is 10.5 Å². The first kappa shape index (κ1) is 24.1. The van der Waals surface area contributed by atoms with Crippen LogP contribution >= 0.6 is 0 Å². The number of amides is 1. The maximum absolute atomic E-state index is 12.6. The van der Waals surface area contributed by atoms with E-state index in [0.29, 0.717) is 23.7 Å². The monoisotopic (exact) mass is 488 g/mol. The average molecular weight is 489 g/mol. The molecule has 5 rings (SSSR count). The Morgan fingerprint density at radius 3 is 2.11 bits per heavy atom. The van der Waals surface area contributed by atoms with Gasteiger partial charge in [0.1, 0.15) is 17.0 Å². The van der Waals surface area contributed by atoms with E-state index >= 15 is 0 Å². The van der Waals surface area contributed by atoms with Crippen molar-refractivity contribution in [1.82, 2.24) is 5.16 Å². The molecule has 0 atom stereocenters. The van der Waals surface area contributed by atoms with Crippen LogP contribution < -0.4 is 5.32 Å². The van der Waals surface area contributed by atoms with Crippen molar-refractivity contribution in [2.45, 2.75) is 70.3 Å². The molecule has 2 aliphatic rings. The van der Waals surface area contributed by atoms with Gasteiger partial charge in [-0.05, 0) is 76.0 Å². The summed E-state index contributed by atoms with van der Waals surface area (Å²) in [6.07, 6.45) is 5.08. The first-order valence-corrected chi connectivity index (χ1v) is 12.7. The largest absolute Gasteiger partial charge is 0.465 e. The molecule has 2 saturated carbocycles. The molecule has 1 amide bonds. The predicted octanol–water partition coefficient (Wildman–Crippen LogP) is 6.79. The highest BCUT2D eigenvalue weighted by Crippen LogP contribution is 2.49. The van der Waals surface area contributed by atoms with Crippen molar-refractivity contribution in [3.8, 4) is 22.5 Å². The average Bonchev–Trinajstić information content (AvgIpc) is 3.47. The van der Waals surface area contributed by atoms with E-state index in [0.717, 1.165) is 60.8 Å². The first-order valence-electron chi connectivity index (χ1n) is 12.7. The van der Waals surface area contributed by atoms with E-state index in [-0.39, 0.29) is 5.97 Å². The second-order valence-corrected chi connectivity index (χ2v) is 10.1. The molecule has 0 radical (unpaired) electrons. The highest BCUT2D eigenvalue weighted by molar-refractivity contribution is 5.91. The number of esters is 1. The van der Waals surface area contributed by atoms with E-state index in [1.807, 2.05) is 62.4 Å². The van der Waals surface area contributed by atoms with E-state index in [1.165, 1.54) is 0 Å². The standard InChI is InChI=1S/C29H32N2O5/c1-4-34-26(32)29(17-18-29)23-13-11-21(12-14-23)20-7-9-22(10-8-20)25-24(19(2)31-36-25)30-27(33)35-28(3)15-5-6-16-28/h7-14H,4-6,15-18H2,1-3H3,(H,30,33). The molecule has 0 saturated heterocycles. The SMILES string of the molecule is CCOC(=O)C1(c2ccc(-c3ccc(-c4onc(C)c4NC(=O)OC4(C)CCCC4)cc3)cc2)CC1. The van der Waals surface area contributed by atoms with Gasteiger partial charge in [-0.25, -0.2) is 4.79 Å². The Morgan fingerprint density at radius 2 is 1.53 bits per heavy atom. The molecule has 2 aromatic carbocycles. The summed E-state index contributed by atoms with van der Waals surface area (Å²) < 4.78 is 16.6. The van der Waals surface area contributed by atoms with Crippen molar-refractivity contribution in [2.24, 2.45) is 0 Å². The van der Waals surface area contributed by atoms with Crippen LogP contribution in [0.5, 0.6) is 0 Å². The van der Waals surface area contributed by atoms with Crippen molar-refractivity contribution in [3.63, 3.8) is 0 Å². The summed E-state index contributed by atoms with van der Waals surface area (Å²) in [5.41, 5.74) is 4.12. The number of ether oxygens (including phenoxy) is 2. The summed E-state index contributed by atoms with van der Waals surface area (Å²) in [5.74, 6) is 0.364. The van der Waals surface area contributed by atoms with Crippen molar-refractivity contribution in [1.29, 1.82) is 0 Å². The number of benzene rings is 2. The molecule has 2 aliphatic carbocycles. The maximum atomic E-state index is 12.6. The molecule has 0 spiro atoms. The van der Waals surface area contributed by atoms with Gasteiger partial charge in [-0.3, -0.25) is 10.1 Å². The van der Waals surface area contributed by atoms with Gasteiger partial charge in [0, 0.05) is 5.56 Å². The summed E-state index contributed by atoms with van der Waals surface area (Å²) in [4.78, 5) is 25.0. The molecule has 36 heavy (non-hydrogen) atoms. The zero-order chi connectivity index (χ0) is 25.3. The second-order valence-electron chi connectivity index (χ2n) is 10.1. The minimum absolute atomic E-state index is 0.130. The quantitative estimate of drug-likeness (QED) is 0.368. The predicted molar refractivity (Wildman–Crippen MR) is 137 cm³/mol. The fraction of sp³-hybridized carbons (Fsp3) is 0.414. The molecule has 0 aliphatic heterocycles. The highest BCUT2D eigenvalue weighted by Gasteiger charge is 2.52. The summed E-state index contributed by atoms with van der Waals surface area (Å²) in [7, 11) is 0. The number of nitrogens with zero attached hydrogens (tertiary/aromatic N) is 1. The highest BCUT2D eigenvalue weighted by atomic mass is 16.6. The van der Waals surface area contributed by atoms with Gasteiger partial charge in [-0.1, -0.05) is 53.7 Å². The number of hydrogen-bond acceptors (Lipinski definition) is 6. The van der Waals surface area contributed by atoms with Crippen LogP contribution in [0, 0.1) is 6.92 Å². The molecule has 0 unspecified atom stereocenters. The Bertz CT molecular complexity index is 1250. The van der Waals surface area contributed by atoms with Crippen LogP contribution in [0.3, 0.4) is 0 Å². The minimum atomic E-state index is -0.486. The van der Waals surface area contributed by atoms with Crippen LogP contribution in [0.2, 0.25) is 0 Å². The van der Waals surface area contributed by atoms with E-state index in [4.69, 9.17) is 14.0 Å². The number of aryl methyl sites for hydroxylation is 1. The van der Waals surface area contributed by atoms with Crippen molar-refractivity contribution in [2.75, 3.05) is 11.9 Å². The number of hydrogen-bond donors (Lipinski definition) is 1. The number of nitrogens with one attached hydrogen (secondary N) is 1. The van der Waals surface area contributed by atoms with Crippen molar-refractivity contribution in [3.05, 3.63) is 59.8 Å². The molecule has 0 bridgehead atoms. The van der Waals surface area contributed by atoms with Gasteiger partial charge in [-0.2, -0.15) is 0 Å². The van der Waals surface area contributed by atoms with Crippen LogP contribution in [0.25, 0.3) is 22.5 Å². The smallest absolute Gasteiger partial charge is 0.412 e.